The maximum Gasteiger partial charge on any atom is 0.217 e. The molecule has 132 valence electrons. The number of rotatable bonds is 3. The monoisotopic (exact) mass is 332 g/mol. The van der Waals surface area contributed by atoms with Crippen molar-refractivity contribution >= 4 is 11.6 Å². The summed E-state index contributed by atoms with van der Waals surface area (Å²) in [6.07, 6.45) is 0. The van der Waals surface area contributed by atoms with Crippen molar-refractivity contribution in [3.8, 4) is 5.75 Å². The maximum atomic E-state index is 5.92. The predicted octanol–water partition coefficient (Wildman–Crippen LogP) is 1.19. The van der Waals surface area contributed by atoms with Gasteiger partial charge < -0.3 is 20.3 Å². The van der Waals surface area contributed by atoms with Crippen LogP contribution in [0.5, 0.6) is 5.75 Å². The summed E-state index contributed by atoms with van der Waals surface area (Å²) in [4.78, 5) is 8.80. The second-order valence-corrected chi connectivity index (χ2v) is 6.60. The molecule has 1 saturated heterocycles. The molecule has 1 aliphatic rings. The third-order valence-electron chi connectivity index (χ3n) is 4.13. The molecule has 0 radical (unpaired) electrons. The third kappa shape index (κ3) is 3.91. The van der Waals surface area contributed by atoms with Gasteiger partial charge in [0.2, 0.25) is 5.96 Å². The Kier molecular flexibility index (Phi) is 5.23. The Morgan fingerprint density at radius 1 is 1.29 bits per heavy atom. The molecular formula is C17H28N6O. The van der Waals surface area contributed by atoms with Crippen molar-refractivity contribution in [2.24, 2.45) is 16.6 Å². The van der Waals surface area contributed by atoms with E-state index in [0.29, 0.717) is 5.96 Å². The van der Waals surface area contributed by atoms with E-state index in [0.717, 1.165) is 25.4 Å². The standard InChI is InChI=1S/C17H28N6O/c1-13(18)20-16(21(4)19)22-10-11-23(17(2,3)12-22)14-6-8-15(24-5)9-7-14/h6-9H,1,10-12,18-19H2,2-5H3/b20-16+. The summed E-state index contributed by atoms with van der Waals surface area (Å²) >= 11 is 0. The van der Waals surface area contributed by atoms with Gasteiger partial charge in [0.15, 0.2) is 0 Å². The van der Waals surface area contributed by atoms with Gasteiger partial charge in [0, 0.05) is 32.4 Å². The summed E-state index contributed by atoms with van der Waals surface area (Å²) in [5.41, 5.74) is 6.71. The van der Waals surface area contributed by atoms with Crippen molar-refractivity contribution in [1.29, 1.82) is 0 Å². The van der Waals surface area contributed by atoms with Gasteiger partial charge in [0.1, 0.15) is 11.6 Å². The summed E-state index contributed by atoms with van der Waals surface area (Å²) in [5.74, 6) is 7.65. The minimum atomic E-state index is -0.0977. The predicted molar refractivity (Wildman–Crippen MR) is 98.7 cm³/mol. The molecular weight excluding hydrogens is 304 g/mol. The topological polar surface area (TPSA) is 83.3 Å². The van der Waals surface area contributed by atoms with Gasteiger partial charge >= 0.3 is 0 Å². The van der Waals surface area contributed by atoms with Gasteiger partial charge in [-0.1, -0.05) is 6.58 Å². The molecule has 0 unspecified atom stereocenters. The van der Waals surface area contributed by atoms with Crippen molar-refractivity contribution in [2.45, 2.75) is 19.4 Å². The number of methoxy groups -OCH3 is 1. The van der Waals surface area contributed by atoms with Crippen LogP contribution in [-0.2, 0) is 0 Å². The number of hydrogen-bond donors (Lipinski definition) is 2. The second kappa shape index (κ2) is 7.00. The molecule has 1 aliphatic heterocycles. The van der Waals surface area contributed by atoms with Crippen LogP contribution in [0.25, 0.3) is 0 Å². The molecule has 0 aromatic heterocycles. The number of nitrogens with zero attached hydrogens (tertiary/aromatic N) is 4. The highest BCUT2D eigenvalue weighted by Gasteiger charge is 2.35. The van der Waals surface area contributed by atoms with Crippen LogP contribution in [0, 0.1) is 0 Å². The fourth-order valence-electron chi connectivity index (χ4n) is 3.07. The number of aliphatic imine (C=N–C) groups is 1. The smallest absolute Gasteiger partial charge is 0.217 e. The molecule has 0 aliphatic carbocycles. The number of benzene rings is 1. The van der Waals surface area contributed by atoms with E-state index < -0.39 is 0 Å². The first-order valence-electron chi connectivity index (χ1n) is 7.93. The van der Waals surface area contributed by atoms with Crippen molar-refractivity contribution < 1.29 is 4.74 Å². The largest absolute Gasteiger partial charge is 0.497 e. The number of hydrazine groups is 1. The van der Waals surface area contributed by atoms with Crippen LogP contribution in [-0.4, -0.2) is 55.2 Å². The number of ether oxygens (including phenoxy) is 1. The average Bonchev–Trinajstić information content (AvgIpc) is 2.51. The van der Waals surface area contributed by atoms with Crippen LogP contribution < -0.4 is 21.2 Å². The molecule has 24 heavy (non-hydrogen) atoms. The maximum absolute atomic E-state index is 5.92. The zero-order valence-electron chi connectivity index (χ0n) is 15.0. The van der Waals surface area contributed by atoms with Crippen LogP contribution in [0.15, 0.2) is 41.7 Å². The highest BCUT2D eigenvalue weighted by atomic mass is 16.5. The number of anilines is 1. The lowest BCUT2D eigenvalue weighted by atomic mass is 9.97. The van der Waals surface area contributed by atoms with E-state index >= 15 is 0 Å². The van der Waals surface area contributed by atoms with Crippen LogP contribution in [0.3, 0.4) is 0 Å². The van der Waals surface area contributed by atoms with Gasteiger partial charge in [0.25, 0.3) is 0 Å². The van der Waals surface area contributed by atoms with Crippen LogP contribution in [0.4, 0.5) is 5.69 Å². The van der Waals surface area contributed by atoms with Crippen LogP contribution in [0.2, 0.25) is 0 Å². The van der Waals surface area contributed by atoms with Gasteiger partial charge in [-0.15, -0.1) is 0 Å². The number of guanidine groups is 1. The molecule has 1 aromatic rings. The zero-order chi connectivity index (χ0) is 17.9. The van der Waals surface area contributed by atoms with Crippen molar-refractivity contribution in [2.75, 3.05) is 38.7 Å². The van der Waals surface area contributed by atoms with Gasteiger partial charge in [-0.25, -0.2) is 5.84 Å². The minimum absolute atomic E-state index is 0.0977. The van der Waals surface area contributed by atoms with Crippen molar-refractivity contribution in [3.05, 3.63) is 36.7 Å². The number of hydrogen-bond acceptors (Lipinski definition) is 5. The highest BCUT2D eigenvalue weighted by Crippen LogP contribution is 2.29. The van der Waals surface area contributed by atoms with E-state index in [2.05, 4.69) is 47.4 Å². The lowest BCUT2D eigenvalue weighted by Crippen LogP contribution is -2.63. The van der Waals surface area contributed by atoms with E-state index in [-0.39, 0.29) is 11.4 Å². The van der Waals surface area contributed by atoms with E-state index in [1.165, 1.54) is 10.7 Å². The molecule has 0 amide bonds. The van der Waals surface area contributed by atoms with E-state index in [1.54, 1.807) is 14.2 Å². The lowest BCUT2D eigenvalue weighted by Gasteiger charge is -2.49. The molecule has 1 aromatic carbocycles. The molecule has 0 spiro atoms. The lowest BCUT2D eigenvalue weighted by molar-refractivity contribution is 0.241. The fourth-order valence-corrected chi connectivity index (χ4v) is 3.07. The Morgan fingerprint density at radius 3 is 2.38 bits per heavy atom. The molecule has 7 nitrogen and oxygen atoms in total. The Hall–Kier alpha value is -2.41. The molecule has 0 atom stereocenters. The molecule has 0 saturated carbocycles. The SMILES string of the molecule is C=C(N)/N=C(\N(C)N)N1CCN(c2ccc(OC)cc2)C(C)(C)C1. The van der Waals surface area contributed by atoms with E-state index in [4.69, 9.17) is 16.3 Å². The Labute approximate surface area is 144 Å². The quantitative estimate of drug-likeness (QED) is 0.374. The van der Waals surface area contributed by atoms with Crippen LogP contribution in [0.1, 0.15) is 13.8 Å². The Balaban J connectivity index is 2.20. The van der Waals surface area contributed by atoms with E-state index in [1.807, 2.05) is 12.1 Å². The fraction of sp³-hybridized carbons (Fsp3) is 0.471. The number of piperazine rings is 1. The molecule has 2 rings (SSSR count). The molecule has 4 N–H and O–H groups in total. The summed E-state index contributed by atoms with van der Waals surface area (Å²) in [6.45, 7) is 10.5. The molecule has 1 fully saturated rings. The summed E-state index contributed by atoms with van der Waals surface area (Å²) < 4.78 is 5.24. The van der Waals surface area contributed by atoms with Gasteiger partial charge in [-0.05, 0) is 38.1 Å². The summed E-state index contributed by atoms with van der Waals surface area (Å²) in [6, 6.07) is 8.14. The average molecular weight is 332 g/mol. The first-order valence-corrected chi connectivity index (χ1v) is 7.93. The van der Waals surface area contributed by atoms with E-state index in [9.17, 15) is 0 Å². The normalized spacial score (nSPS) is 17.6. The summed E-state index contributed by atoms with van der Waals surface area (Å²) in [7, 11) is 3.43. The minimum Gasteiger partial charge on any atom is -0.497 e. The van der Waals surface area contributed by atoms with Gasteiger partial charge in [0.05, 0.1) is 12.6 Å². The second-order valence-electron chi connectivity index (χ2n) is 6.60. The third-order valence-corrected chi connectivity index (χ3v) is 4.13. The first-order chi connectivity index (χ1) is 11.2. The zero-order valence-corrected chi connectivity index (χ0v) is 15.0. The van der Waals surface area contributed by atoms with Crippen molar-refractivity contribution in [1.82, 2.24) is 9.91 Å². The Morgan fingerprint density at radius 2 is 1.92 bits per heavy atom. The molecule has 7 heteroatoms. The van der Waals surface area contributed by atoms with Gasteiger partial charge in [-0.3, -0.25) is 5.01 Å². The summed E-state index contributed by atoms with van der Waals surface area (Å²) in [5, 5.41) is 1.48. The van der Waals surface area contributed by atoms with Gasteiger partial charge in [-0.2, -0.15) is 4.99 Å². The van der Waals surface area contributed by atoms with Crippen LogP contribution >= 0.6 is 0 Å². The number of nitrogens with two attached hydrogens (primary N) is 2. The first kappa shape index (κ1) is 17.9. The van der Waals surface area contributed by atoms with Crippen molar-refractivity contribution in [3.63, 3.8) is 0 Å². The Bertz CT molecular complexity index is 608. The molecule has 0 bridgehead atoms. The molecule has 1 heterocycles. The highest BCUT2D eigenvalue weighted by molar-refractivity contribution is 5.80.